The molecule has 0 spiro atoms. The molecule has 0 unspecified atom stereocenters. The molecule has 6 heteroatoms. The summed E-state index contributed by atoms with van der Waals surface area (Å²) in [6, 6.07) is 14.9. The summed E-state index contributed by atoms with van der Waals surface area (Å²) >= 11 is 0. The van der Waals surface area contributed by atoms with Gasteiger partial charge in [0.05, 0.1) is 16.6 Å². The number of benzene rings is 2. The van der Waals surface area contributed by atoms with Crippen molar-refractivity contribution in [2.45, 2.75) is 6.54 Å². The van der Waals surface area contributed by atoms with Crippen LogP contribution in [0.4, 0.5) is 5.69 Å². The van der Waals surface area contributed by atoms with E-state index < -0.39 is 4.92 Å². The quantitative estimate of drug-likeness (QED) is 0.522. The number of hydrogen-bond donors (Lipinski definition) is 1. The van der Waals surface area contributed by atoms with Gasteiger partial charge < -0.3 is 5.32 Å². The maximum Gasteiger partial charge on any atom is 0.269 e. The number of amides is 1. The number of nitrogens with zero attached hydrogens (tertiary/aromatic N) is 2. The summed E-state index contributed by atoms with van der Waals surface area (Å²) in [6.45, 7) is 0.318. The zero-order valence-corrected chi connectivity index (χ0v) is 12.1. The molecule has 2 aromatic rings. The van der Waals surface area contributed by atoms with Gasteiger partial charge in [-0.1, -0.05) is 12.1 Å². The number of carbonyl (C=O) groups is 1. The number of nitrogens with one attached hydrogen (secondary N) is 1. The Morgan fingerprint density at radius 2 is 2.00 bits per heavy atom. The lowest BCUT2D eigenvalue weighted by molar-refractivity contribution is -0.384. The zero-order valence-electron chi connectivity index (χ0n) is 12.1. The molecular formula is C17H13N3O3. The molecular weight excluding hydrogens is 294 g/mol. The maximum absolute atomic E-state index is 11.7. The van der Waals surface area contributed by atoms with E-state index in [4.69, 9.17) is 5.26 Å². The van der Waals surface area contributed by atoms with E-state index in [2.05, 4.69) is 5.32 Å². The first-order chi connectivity index (χ1) is 11.1. The third-order valence-electron chi connectivity index (χ3n) is 3.05. The summed E-state index contributed by atoms with van der Waals surface area (Å²) in [5, 5.41) is 22.1. The fraction of sp³-hybridized carbons (Fsp3) is 0.0588. The minimum Gasteiger partial charge on any atom is -0.348 e. The van der Waals surface area contributed by atoms with E-state index in [1.807, 2.05) is 12.1 Å². The van der Waals surface area contributed by atoms with Crippen molar-refractivity contribution in [3.05, 3.63) is 81.4 Å². The highest BCUT2D eigenvalue weighted by Gasteiger charge is 2.03. The molecule has 2 aromatic carbocycles. The molecule has 0 saturated carbocycles. The largest absolute Gasteiger partial charge is 0.348 e. The minimum absolute atomic E-state index is 0.00368. The van der Waals surface area contributed by atoms with E-state index in [1.165, 1.54) is 18.2 Å². The van der Waals surface area contributed by atoms with Crippen LogP contribution in [0.25, 0.3) is 6.08 Å². The molecule has 1 amide bonds. The Labute approximate surface area is 132 Å². The lowest BCUT2D eigenvalue weighted by Gasteiger charge is -2.02. The van der Waals surface area contributed by atoms with Gasteiger partial charge in [0.1, 0.15) is 0 Å². The number of nitriles is 1. The van der Waals surface area contributed by atoms with Crippen LogP contribution in [0.15, 0.2) is 54.6 Å². The zero-order chi connectivity index (χ0) is 16.7. The van der Waals surface area contributed by atoms with Gasteiger partial charge >= 0.3 is 0 Å². The van der Waals surface area contributed by atoms with E-state index in [0.29, 0.717) is 17.7 Å². The average Bonchev–Trinajstić information content (AvgIpc) is 2.58. The van der Waals surface area contributed by atoms with E-state index in [0.717, 1.165) is 5.56 Å². The normalized spacial score (nSPS) is 10.2. The molecule has 0 atom stereocenters. The van der Waals surface area contributed by atoms with Crippen LogP contribution in [0, 0.1) is 21.4 Å². The van der Waals surface area contributed by atoms with Gasteiger partial charge in [-0.05, 0) is 41.5 Å². The number of rotatable bonds is 5. The number of carbonyl (C=O) groups excluding carboxylic acids is 1. The molecule has 0 aromatic heterocycles. The van der Waals surface area contributed by atoms with Crippen LogP contribution in [-0.2, 0) is 11.3 Å². The molecule has 0 saturated heterocycles. The fourth-order valence-corrected chi connectivity index (χ4v) is 1.88. The van der Waals surface area contributed by atoms with Gasteiger partial charge in [0, 0.05) is 24.8 Å². The fourth-order valence-electron chi connectivity index (χ4n) is 1.88. The summed E-state index contributed by atoms with van der Waals surface area (Å²) in [4.78, 5) is 21.8. The van der Waals surface area contributed by atoms with Gasteiger partial charge in [-0.3, -0.25) is 14.9 Å². The molecule has 1 N–H and O–H groups in total. The highest BCUT2D eigenvalue weighted by Crippen LogP contribution is 2.12. The molecule has 0 aliphatic heterocycles. The standard InChI is InChI=1S/C17H13N3O3/c18-11-14-2-1-3-15(10-14)12-19-17(21)9-6-13-4-7-16(8-5-13)20(22)23/h1-10H,12H2,(H,19,21)/b9-6+. The molecule has 6 nitrogen and oxygen atoms in total. The third kappa shape index (κ3) is 4.79. The lowest BCUT2D eigenvalue weighted by Crippen LogP contribution is -2.20. The molecule has 0 aliphatic carbocycles. The van der Waals surface area contributed by atoms with Crippen LogP contribution in [0.2, 0.25) is 0 Å². The Kier molecular flexibility index (Phi) is 5.21. The first-order valence-corrected chi connectivity index (χ1v) is 6.78. The first kappa shape index (κ1) is 15.9. The van der Waals surface area contributed by atoms with Crippen molar-refractivity contribution in [1.29, 1.82) is 5.26 Å². The van der Waals surface area contributed by atoms with E-state index in [1.54, 1.807) is 36.4 Å². The molecule has 0 bridgehead atoms. The maximum atomic E-state index is 11.7. The molecule has 23 heavy (non-hydrogen) atoms. The van der Waals surface area contributed by atoms with Crippen LogP contribution in [0.5, 0.6) is 0 Å². The summed E-state index contributed by atoms with van der Waals surface area (Å²) < 4.78 is 0. The van der Waals surface area contributed by atoms with Crippen LogP contribution in [-0.4, -0.2) is 10.8 Å². The number of non-ortho nitro benzene ring substituents is 1. The predicted molar refractivity (Wildman–Crippen MR) is 85.1 cm³/mol. The topological polar surface area (TPSA) is 96.0 Å². The third-order valence-corrected chi connectivity index (χ3v) is 3.05. The number of hydrogen-bond acceptors (Lipinski definition) is 4. The summed E-state index contributed by atoms with van der Waals surface area (Å²) in [5.41, 5.74) is 2.07. The minimum atomic E-state index is -0.477. The van der Waals surface area contributed by atoms with Crippen molar-refractivity contribution in [3.8, 4) is 6.07 Å². The Morgan fingerprint density at radius 3 is 2.65 bits per heavy atom. The van der Waals surface area contributed by atoms with Crippen LogP contribution in [0.1, 0.15) is 16.7 Å². The van der Waals surface area contributed by atoms with Crippen LogP contribution < -0.4 is 5.32 Å². The van der Waals surface area contributed by atoms with E-state index >= 15 is 0 Å². The molecule has 0 aliphatic rings. The predicted octanol–water partition coefficient (Wildman–Crippen LogP) is 2.80. The van der Waals surface area contributed by atoms with Crippen LogP contribution in [0.3, 0.4) is 0 Å². The van der Waals surface area contributed by atoms with Crippen molar-refractivity contribution >= 4 is 17.7 Å². The Bertz CT molecular complexity index is 789. The monoisotopic (exact) mass is 307 g/mol. The van der Waals surface area contributed by atoms with E-state index in [9.17, 15) is 14.9 Å². The SMILES string of the molecule is N#Cc1cccc(CNC(=O)/C=C/c2ccc([N+](=O)[O-])cc2)c1. The number of nitro benzene ring substituents is 1. The average molecular weight is 307 g/mol. The van der Waals surface area contributed by atoms with Gasteiger partial charge in [-0.25, -0.2) is 0 Å². The van der Waals surface area contributed by atoms with Crippen molar-refractivity contribution in [1.82, 2.24) is 5.32 Å². The molecule has 0 heterocycles. The van der Waals surface area contributed by atoms with Gasteiger partial charge in [0.2, 0.25) is 5.91 Å². The molecule has 0 radical (unpaired) electrons. The van der Waals surface area contributed by atoms with Gasteiger partial charge in [-0.15, -0.1) is 0 Å². The number of nitro groups is 1. The van der Waals surface area contributed by atoms with Gasteiger partial charge in [-0.2, -0.15) is 5.26 Å². The second-order valence-corrected chi connectivity index (χ2v) is 4.71. The van der Waals surface area contributed by atoms with Gasteiger partial charge in [0.25, 0.3) is 5.69 Å². The summed E-state index contributed by atoms with van der Waals surface area (Å²) in [5.74, 6) is -0.286. The van der Waals surface area contributed by atoms with Crippen molar-refractivity contribution in [2.75, 3.05) is 0 Å². The highest BCUT2D eigenvalue weighted by atomic mass is 16.6. The van der Waals surface area contributed by atoms with E-state index in [-0.39, 0.29) is 11.6 Å². The van der Waals surface area contributed by atoms with Crippen molar-refractivity contribution in [3.63, 3.8) is 0 Å². The lowest BCUT2D eigenvalue weighted by atomic mass is 10.1. The smallest absolute Gasteiger partial charge is 0.269 e. The Morgan fingerprint density at radius 1 is 1.26 bits per heavy atom. The van der Waals surface area contributed by atoms with Crippen molar-refractivity contribution in [2.24, 2.45) is 0 Å². The second kappa shape index (κ2) is 7.52. The van der Waals surface area contributed by atoms with Crippen molar-refractivity contribution < 1.29 is 9.72 Å². The Balaban J connectivity index is 1.91. The highest BCUT2D eigenvalue weighted by molar-refractivity contribution is 5.91. The Hall–Kier alpha value is -3.46. The summed E-state index contributed by atoms with van der Waals surface area (Å²) in [7, 11) is 0. The summed E-state index contributed by atoms with van der Waals surface area (Å²) in [6.07, 6.45) is 2.93. The molecule has 2 rings (SSSR count). The second-order valence-electron chi connectivity index (χ2n) is 4.71. The van der Waals surface area contributed by atoms with Crippen LogP contribution >= 0.6 is 0 Å². The van der Waals surface area contributed by atoms with Gasteiger partial charge in [0.15, 0.2) is 0 Å². The molecule has 0 fully saturated rings. The molecule has 114 valence electrons. The first-order valence-electron chi connectivity index (χ1n) is 6.78.